The van der Waals surface area contributed by atoms with E-state index in [0.717, 1.165) is 4.90 Å². The minimum Gasteiger partial charge on any atom is -0.480 e. The first kappa shape index (κ1) is 14.0. The Balaban J connectivity index is 2.26. The van der Waals surface area contributed by atoms with E-state index in [2.05, 4.69) is 0 Å². The number of carboxylic acid groups (broad SMARTS) is 1. The summed E-state index contributed by atoms with van der Waals surface area (Å²) in [6.45, 7) is 4.91. The minimum absolute atomic E-state index is 0.0576. The normalized spacial score (nSPS) is 37.5. The van der Waals surface area contributed by atoms with Gasteiger partial charge in [0, 0.05) is 5.92 Å². The Morgan fingerprint density at radius 1 is 1.37 bits per heavy atom. The Hall–Kier alpha value is -1.37. The van der Waals surface area contributed by atoms with E-state index in [4.69, 9.17) is 9.84 Å². The number of aliphatic carboxylic acids is 1. The lowest BCUT2D eigenvalue weighted by atomic mass is 9.97. The van der Waals surface area contributed by atoms with Gasteiger partial charge in [-0.1, -0.05) is 0 Å². The van der Waals surface area contributed by atoms with E-state index in [9.17, 15) is 19.1 Å². The molecule has 2 aliphatic rings. The fraction of sp³-hybridized carbons (Fsp3) is 0.833. The van der Waals surface area contributed by atoms with Crippen molar-refractivity contribution in [3.05, 3.63) is 0 Å². The van der Waals surface area contributed by atoms with Gasteiger partial charge in [-0.05, 0) is 27.2 Å². The summed E-state index contributed by atoms with van der Waals surface area (Å²) in [6, 6.07) is -2.39. The molecule has 1 saturated heterocycles. The predicted molar refractivity (Wildman–Crippen MR) is 62.3 cm³/mol. The third-order valence-corrected chi connectivity index (χ3v) is 3.53. The van der Waals surface area contributed by atoms with Gasteiger partial charge >= 0.3 is 12.1 Å². The highest BCUT2D eigenvalue weighted by atomic mass is 19.1. The number of hydrogen-bond acceptors (Lipinski definition) is 4. The molecule has 2 fully saturated rings. The molecule has 2 rings (SSSR count). The molecule has 6 nitrogen and oxygen atoms in total. The number of rotatable bonds is 1. The number of aliphatic hydroxyl groups excluding tert-OH is 1. The van der Waals surface area contributed by atoms with Crippen LogP contribution in [0.15, 0.2) is 0 Å². The van der Waals surface area contributed by atoms with Crippen LogP contribution in [0.1, 0.15) is 27.2 Å². The summed E-state index contributed by atoms with van der Waals surface area (Å²) >= 11 is 0. The van der Waals surface area contributed by atoms with Crippen LogP contribution in [-0.2, 0) is 9.53 Å². The first-order valence-corrected chi connectivity index (χ1v) is 6.20. The number of halogens is 1. The van der Waals surface area contributed by atoms with Crippen LogP contribution < -0.4 is 0 Å². The fourth-order valence-corrected chi connectivity index (χ4v) is 2.90. The summed E-state index contributed by atoms with van der Waals surface area (Å²) in [7, 11) is 0. The molecule has 0 aromatic heterocycles. The van der Waals surface area contributed by atoms with E-state index in [1.165, 1.54) is 0 Å². The fourth-order valence-electron chi connectivity index (χ4n) is 2.90. The summed E-state index contributed by atoms with van der Waals surface area (Å²) in [5, 5.41) is 18.9. The van der Waals surface area contributed by atoms with Crippen molar-refractivity contribution in [2.24, 2.45) is 5.92 Å². The van der Waals surface area contributed by atoms with Crippen molar-refractivity contribution in [2.45, 2.75) is 57.2 Å². The molecule has 5 unspecified atom stereocenters. The van der Waals surface area contributed by atoms with Crippen molar-refractivity contribution in [2.75, 3.05) is 0 Å². The molecule has 1 saturated carbocycles. The second kappa shape index (κ2) is 4.33. The van der Waals surface area contributed by atoms with E-state index >= 15 is 0 Å². The van der Waals surface area contributed by atoms with E-state index in [-0.39, 0.29) is 6.42 Å². The number of carbonyl (C=O) groups excluding carboxylic acids is 1. The lowest BCUT2D eigenvalue weighted by molar-refractivity contribution is -0.146. The summed E-state index contributed by atoms with van der Waals surface area (Å²) in [4.78, 5) is 24.1. The van der Waals surface area contributed by atoms with Crippen LogP contribution in [0.3, 0.4) is 0 Å². The SMILES string of the molecule is CC(C)(C)OC(=O)N1C(C(=O)O)C2CC(O)C1C2F. The number of piperidine rings is 1. The van der Waals surface area contributed by atoms with Gasteiger partial charge in [0.05, 0.1) is 12.1 Å². The predicted octanol–water partition coefficient (Wildman–Crippen LogP) is 0.778. The van der Waals surface area contributed by atoms with Crippen molar-refractivity contribution in [1.29, 1.82) is 0 Å². The monoisotopic (exact) mass is 275 g/mol. The number of aliphatic hydroxyl groups is 1. The smallest absolute Gasteiger partial charge is 0.411 e. The van der Waals surface area contributed by atoms with Gasteiger partial charge in [0.1, 0.15) is 17.8 Å². The van der Waals surface area contributed by atoms with E-state index in [1.807, 2.05) is 0 Å². The summed E-state index contributed by atoms with van der Waals surface area (Å²) in [5.41, 5.74) is -0.807. The van der Waals surface area contributed by atoms with Crippen molar-refractivity contribution >= 4 is 12.1 Å². The van der Waals surface area contributed by atoms with Gasteiger partial charge in [0.2, 0.25) is 0 Å². The maximum atomic E-state index is 14.0. The molecule has 1 aliphatic heterocycles. The zero-order valence-corrected chi connectivity index (χ0v) is 11.0. The number of carbonyl (C=O) groups is 2. The van der Waals surface area contributed by atoms with Crippen molar-refractivity contribution in [3.63, 3.8) is 0 Å². The van der Waals surface area contributed by atoms with Crippen molar-refractivity contribution < 1.29 is 28.9 Å². The number of carboxylic acids is 1. The molecule has 2 N–H and O–H groups in total. The van der Waals surface area contributed by atoms with Gasteiger partial charge in [0.15, 0.2) is 0 Å². The van der Waals surface area contributed by atoms with Gasteiger partial charge in [-0.25, -0.2) is 14.0 Å². The van der Waals surface area contributed by atoms with E-state index in [0.29, 0.717) is 0 Å². The van der Waals surface area contributed by atoms with Crippen molar-refractivity contribution in [3.8, 4) is 0 Å². The first-order chi connectivity index (χ1) is 8.63. The summed E-state index contributed by atoms with van der Waals surface area (Å²) in [6.07, 6.45) is -3.40. The standard InChI is InChI=1S/C12H18FNO5/c1-12(2,3)19-11(18)14-8(10(16)17)5-4-6(15)9(14)7(5)13/h5-9,15H,4H2,1-3H3,(H,16,17). The van der Waals surface area contributed by atoms with Crippen LogP contribution in [0, 0.1) is 5.92 Å². The molecule has 0 spiro atoms. The van der Waals surface area contributed by atoms with E-state index < -0.39 is 47.9 Å². The van der Waals surface area contributed by atoms with Crippen LogP contribution in [0.5, 0.6) is 0 Å². The Bertz CT molecular complexity index is 407. The van der Waals surface area contributed by atoms with Crippen LogP contribution in [0.4, 0.5) is 9.18 Å². The molecular formula is C12H18FNO5. The molecule has 0 radical (unpaired) electrons. The number of fused-ring (bicyclic) bond motifs is 2. The highest BCUT2D eigenvalue weighted by Gasteiger charge is 2.63. The largest absolute Gasteiger partial charge is 0.480 e. The first-order valence-electron chi connectivity index (χ1n) is 6.20. The number of amides is 1. The second-order valence-electron chi connectivity index (χ2n) is 6.07. The van der Waals surface area contributed by atoms with Gasteiger partial charge < -0.3 is 14.9 Å². The molecule has 108 valence electrons. The maximum absolute atomic E-state index is 14.0. The molecule has 7 heteroatoms. The molecule has 0 aromatic carbocycles. The summed E-state index contributed by atoms with van der Waals surface area (Å²) < 4.78 is 19.1. The molecule has 1 aliphatic carbocycles. The molecular weight excluding hydrogens is 257 g/mol. The number of alkyl halides is 1. The van der Waals surface area contributed by atoms with Gasteiger partial charge in [-0.3, -0.25) is 4.90 Å². The zero-order chi connectivity index (χ0) is 14.5. The highest BCUT2D eigenvalue weighted by molar-refractivity contribution is 5.82. The number of hydrogen-bond donors (Lipinski definition) is 2. The molecule has 2 bridgehead atoms. The maximum Gasteiger partial charge on any atom is 0.411 e. The van der Waals surface area contributed by atoms with Crippen LogP contribution in [0.2, 0.25) is 0 Å². The Labute approximate surface area is 110 Å². The van der Waals surface area contributed by atoms with Gasteiger partial charge in [0.25, 0.3) is 0 Å². The second-order valence-corrected chi connectivity index (χ2v) is 6.07. The van der Waals surface area contributed by atoms with Crippen LogP contribution in [-0.4, -0.2) is 57.1 Å². The van der Waals surface area contributed by atoms with Crippen LogP contribution >= 0.6 is 0 Å². The van der Waals surface area contributed by atoms with Gasteiger partial charge in [-0.15, -0.1) is 0 Å². The van der Waals surface area contributed by atoms with Crippen LogP contribution in [0.25, 0.3) is 0 Å². The third-order valence-electron chi connectivity index (χ3n) is 3.53. The lowest BCUT2D eigenvalue weighted by Crippen LogP contribution is -2.55. The molecule has 1 heterocycles. The Morgan fingerprint density at radius 2 is 1.95 bits per heavy atom. The number of nitrogens with zero attached hydrogens (tertiary/aromatic N) is 1. The lowest BCUT2D eigenvalue weighted by Gasteiger charge is -2.35. The summed E-state index contributed by atoms with van der Waals surface area (Å²) in [5.74, 6) is -2.14. The molecule has 0 aromatic rings. The molecule has 5 atom stereocenters. The zero-order valence-electron chi connectivity index (χ0n) is 11.0. The highest BCUT2D eigenvalue weighted by Crippen LogP contribution is 2.45. The minimum atomic E-state index is -1.52. The average molecular weight is 275 g/mol. The quantitative estimate of drug-likeness (QED) is 0.738. The average Bonchev–Trinajstić information content (AvgIpc) is 2.65. The molecule has 1 amide bonds. The number of likely N-dealkylation sites (tertiary alicyclic amines) is 1. The number of ether oxygens (including phenoxy) is 1. The third kappa shape index (κ3) is 2.27. The Kier molecular flexibility index (Phi) is 3.20. The van der Waals surface area contributed by atoms with Crippen molar-refractivity contribution in [1.82, 2.24) is 4.90 Å². The topological polar surface area (TPSA) is 87.1 Å². The molecule has 19 heavy (non-hydrogen) atoms. The Morgan fingerprint density at radius 3 is 2.42 bits per heavy atom. The van der Waals surface area contributed by atoms with Gasteiger partial charge in [-0.2, -0.15) is 0 Å². The van der Waals surface area contributed by atoms with E-state index in [1.54, 1.807) is 20.8 Å².